The van der Waals surface area contributed by atoms with Gasteiger partial charge >= 0.3 is 0 Å². The maximum atomic E-state index is 13.6. The summed E-state index contributed by atoms with van der Waals surface area (Å²) in [6.45, 7) is 0. The van der Waals surface area contributed by atoms with Crippen molar-refractivity contribution in [1.82, 2.24) is 5.32 Å². The van der Waals surface area contributed by atoms with Gasteiger partial charge in [-0.05, 0) is 36.8 Å². The Morgan fingerprint density at radius 2 is 1.89 bits per heavy atom. The van der Waals surface area contributed by atoms with Crippen LogP contribution in [0, 0.1) is 5.82 Å². The van der Waals surface area contributed by atoms with Crippen molar-refractivity contribution in [2.75, 3.05) is 11.5 Å². The molecule has 0 bridgehead atoms. The highest BCUT2D eigenvalue weighted by Gasteiger charge is 2.36. The van der Waals surface area contributed by atoms with Gasteiger partial charge in [-0.15, -0.1) is 0 Å². The van der Waals surface area contributed by atoms with Crippen LogP contribution in [-0.2, 0) is 9.84 Å². The lowest BCUT2D eigenvalue weighted by atomic mass is 9.75. The van der Waals surface area contributed by atoms with Crippen molar-refractivity contribution < 1.29 is 12.8 Å². The Morgan fingerprint density at radius 3 is 2.53 bits per heavy atom. The molecule has 1 N–H and O–H groups in total. The van der Waals surface area contributed by atoms with Crippen LogP contribution in [-0.4, -0.2) is 32.0 Å². The van der Waals surface area contributed by atoms with Crippen LogP contribution >= 0.6 is 0 Å². The molecule has 5 heteroatoms. The van der Waals surface area contributed by atoms with Crippen molar-refractivity contribution >= 4 is 9.84 Å². The molecule has 1 saturated carbocycles. The molecule has 1 atom stereocenters. The number of rotatable bonds is 3. The summed E-state index contributed by atoms with van der Waals surface area (Å²) < 4.78 is 36.3. The van der Waals surface area contributed by atoms with Gasteiger partial charge in [0.1, 0.15) is 5.82 Å². The van der Waals surface area contributed by atoms with Gasteiger partial charge in [0, 0.05) is 12.1 Å². The third kappa shape index (κ3) is 2.82. The predicted molar refractivity (Wildman–Crippen MR) is 72.4 cm³/mol. The van der Waals surface area contributed by atoms with E-state index in [9.17, 15) is 12.8 Å². The van der Waals surface area contributed by atoms with Crippen molar-refractivity contribution in [2.45, 2.75) is 37.3 Å². The minimum Gasteiger partial charge on any atom is -0.310 e. The Balaban J connectivity index is 1.53. The molecule has 19 heavy (non-hydrogen) atoms. The monoisotopic (exact) mass is 283 g/mol. The van der Waals surface area contributed by atoms with Crippen LogP contribution in [0.5, 0.6) is 0 Å². The number of hydrogen-bond donors (Lipinski definition) is 1. The lowest BCUT2D eigenvalue weighted by molar-refractivity contribution is 0.266. The van der Waals surface area contributed by atoms with E-state index in [-0.39, 0.29) is 23.5 Å². The maximum Gasteiger partial charge on any atom is 0.151 e. The standard InChI is InChI=1S/C14H18FNO2S/c15-14-4-2-1-3-13(14)10-7-12(8-10)16-11-5-6-19(17,18)9-11/h1-4,10-12,16H,5-9H2/t10?,11-,12?/m0/s1. The fourth-order valence-electron chi connectivity index (χ4n) is 3.07. The largest absolute Gasteiger partial charge is 0.310 e. The van der Waals surface area contributed by atoms with Gasteiger partial charge in [0.05, 0.1) is 11.5 Å². The lowest BCUT2D eigenvalue weighted by Gasteiger charge is -2.38. The van der Waals surface area contributed by atoms with Gasteiger partial charge in [0.2, 0.25) is 0 Å². The zero-order valence-corrected chi connectivity index (χ0v) is 11.5. The molecule has 3 rings (SSSR count). The Labute approximate surface area is 113 Å². The Morgan fingerprint density at radius 1 is 1.16 bits per heavy atom. The molecular weight excluding hydrogens is 265 g/mol. The first-order chi connectivity index (χ1) is 9.03. The quantitative estimate of drug-likeness (QED) is 0.921. The molecule has 0 aromatic heterocycles. The van der Waals surface area contributed by atoms with Crippen LogP contribution in [0.2, 0.25) is 0 Å². The number of hydrogen-bond acceptors (Lipinski definition) is 3. The van der Waals surface area contributed by atoms with Crippen LogP contribution in [0.25, 0.3) is 0 Å². The highest BCUT2D eigenvalue weighted by molar-refractivity contribution is 7.91. The molecule has 2 aliphatic rings. The summed E-state index contributed by atoms with van der Waals surface area (Å²) in [5.74, 6) is 0.702. The second-order valence-electron chi connectivity index (χ2n) is 5.65. The van der Waals surface area contributed by atoms with Crippen LogP contribution in [0.15, 0.2) is 24.3 Å². The second-order valence-corrected chi connectivity index (χ2v) is 7.88. The SMILES string of the molecule is O=S1(=O)CC[C@H](NC2CC(c3ccccc3F)C2)C1. The summed E-state index contributed by atoms with van der Waals surface area (Å²) in [7, 11) is -2.82. The zero-order chi connectivity index (χ0) is 13.5. The van der Waals surface area contributed by atoms with E-state index >= 15 is 0 Å². The highest BCUT2D eigenvalue weighted by Crippen LogP contribution is 2.38. The summed E-state index contributed by atoms with van der Waals surface area (Å²) in [6.07, 6.45) is 2.51. The first kappa shape index (κ1) is 13.1. The van der Waals surface area contributed by atoms with E-state index in [4.69, 9.17) is 0 Å². The van der Waals surface area contributed by atoms with E-state index in [1.54, 1.807) is 6.07 Å². The minimum absolute atomic E-state index is 0.0940. The van der Waals surface area contributed by atoms with Crippen molar-refractivity contribution in [3.63, 3.8) is 0 Å². The van der Waals surface area contributed by atoms with Gasteiger partial charge in [-0.2, -0.15) is 0 Å². The van der Waals surface area contributed by atoms with Gasteiger partial charge in [-0.1, -0.05) is 18.2 Å². The molecule has 0 amide bonds. The van der Waals surface area contributed by atoms with Gasteiger partial charge in [0.25, 0.3) is 0 Å². The third-order valence-corrected chi connectivity index (χ3v) is 5.95. The fourth-order valence-corrected chi connectivity index (χ4v) is 4.76. The van der Waals surface area contributed by atoms with Gasteiger partial charge < -0.3 is 5.32 Å². The van der Waals surface area contributed by atoms with E-state index in [1.807, 2.05) is 12.1 Å². The Hall–Kier alpha value is -0.940. The summed E-state index contributed by atoms with van der Waals surface area (Å²) >= 11 is 0. The van der Waals surface area contributed by atoms with Crippen molar-refractivity contribution in [1.29, 1.82) is 0 Å². The van der Waals surface area contributed by atoms with Crippen LogP contribution in [0.4, 0.5) is 4.39 Å². The lowest BCUT2D eigenvalue weighted by Crippen LogP contribution is -2.46. The average Bonchev–Trinajstić information content (AvgIpc) is 2.64. The van der Waals surface area contributed by atoms with E-state index in [0.29, 0.717) is 18.2 Å². The second kappa shape index (κ2) is 4.87. The summed E-state index contributed by atoms with van der Waals surface area (Å²) in [6, 6.07) is 7.34. The van der Waals surface area contributed by atoms with E-state index in [0.717, 1.165) is 18.4 Å². The molecule has 0 spiro atoms. The smallest absolute Gasteiger partial charge is 0.151 e. The predicted octanol–water partition coefficient (Wildman–Crippen LogP) is 1.85. The molecular formula is C14H18FNO2S. The number of halogens is 1. The molecule has 1 aliphatic carbocycles. The molecule has 1 aliphatic heterocycles. The molecule has 2 fully saturated rings. The van der Waals surface area contributed by atoms with E-state index < -0.39 is 9.84 Å². The topological polar surface area (TPSA) is 46.2 Å². The van der Waals surface area contributed by atoms with Gasteiger partial charge in [0.15, 0.2) is 9.84 Å². The molecule has 1 aromatic rings. The normalized spacial score (nSPS) is 33.0. The van der Waals surface area contributed by atoms with Crippen molar-refractivity contribution in [3.05, 3.63) is 35.6 Å². The molecule has 104 valence electrons. The zero-order valence-electron chi connectivity index (χ0n) is 10.7. The van der Waals surface area contributed by atoms with Crippen LogP contribution in [0.1, 0.15) is 30.7 Å². The molecule has 1 heterocycles. The third-order valence-electron chi connectivity index (χ3n) is 4.19. The van der Waals surface area contributed by atoms with Crippen LogP contribution in [0.3, 0.4) is 0 Å². The summed E-state index contributed by atoms with van der Waals surface area (Å²) in [5, 5.41) is 3.39. The van der Waals surface area contributed by atoms with E-state index in [1.165, 1.54) is 6.07 Å². The average molecular weight is 283 g/mol. The van der Waals surface area contributed by atoms with Crippen LogP contribution < -0.4 is 5.32 Å². The number of sulfone groups is 1. The number of benzene rings is 1. The first-order valence-corrected chi connectivity index (χ1v) is 8.56. The highest BCUT2D eigenvalue weighted by atomic mass is 32.2. The Bertz CT molecular complexity index is 567. The molecule has 0 radical (unpaired) electrons. The molecule has 1 saturated heterocycles. The number of nitrogens with one attached hydrogen (secondary N) is 1. The molecule has 0 unspecified atom stereocenters. The van der Waals surface area contributed by atoms with Gasteiger partial charge in [-0.25, -0.2) is 12.8 Å². The van der Waals surface area contributed by atoms with Crippen molar-refractivity contribution in [2.24, 2.45) is 0 Å². The Kier molecular flexibility index (Phi) is 3.35. The fraction of sp³-hybridized carbons (Fsp3) is 0.571. The maximum absolute atomic E-state index is 13.6. The molecule has 3 nitrogen and oxygen atoms in total. The summed E-state index contributed by atoms with van der Waals surface area (Å²) in [5.41, 5.74) is 0.791. The minimum atomic E-state index is -2.82. The molecule has 1 aromatic carbocycles. The van der Waals surface area contributed by atoms with E-state index in [2.05, 4.69) is 5.32 Å². The summed E-state index contributed by atoms with van der Waals surface area (Å²) in [4.78, 5) is 0. The van der Waals surface area contributed by atoms with Gasteiger partial charge in [-0.3, -0.25) is 0 Å². The van der Waals surface area contributed by atoms with Crippen molar-refractivity contribution in [3.8, 4) is 0 Å². The first-order valence-electron chi connectivity index (χ1n) is 6.74.